The van der Waals surface area contributed by atoms with Gasteiger partial charge in [0, 0.05) is 6.04 Å². The van der Waals surface area contributed by atoms with E-state index in [1.54, 1.807) is 11.3 Å². The molecule has 4 N–H and O–H groups in total. The van der Waals surface area contributed by atoms with Crippen LogP contribution in [0, 0.1) is 0 Å². The highest BCUT2D eigenvalue weighted by atomic mass is 32.1. The third kappa shape index (κ3) is 2.26. The molecule has 96 valence electrons. The zero-order chi connectivity index (χ0) is 12.5. The monoisotopic (exact) mass is 264 g/mol. The summed E-state index contributed by atoms with van der Waals surface area (Å²) in [6.45, 7) is 0. The SMILES string of the molecule is Nc1nc(NC2CCC(O)CC2)c2sccc2n1. The van der Waals surface area contributed by atoms with Crippen LogP contribution in [0.4, 0.5) is 11.8 Å². The van der Waals surface area contributed by atoms with Crippen LogP contribution in [0.2, 0.25) is 0 Å². The second-order valence-corrected chi connectivity index (χ2v) is 5.63. The Balaban J connectivity index is 1.83. The minimum absolute atomic E-state index is 0.139. The number of nitrogen functional groups attached to an aromatic ring is 1. The minimum Gasteiger partial charge on any atom is -0.393 e. The summed E-state index contributed by atoms with van der Waals surface area (Å²) in [6, 6.07) is 2.32. The number of aliphatic hydroxyl groups excluding tert-OH is 1. The van der Waals surface area contributed by atoms with E-state index < -0.39 is 0 Å². The summed E-state index contributed by atoms with van der Waals surface area (Å²) < 4.78 is 1.05. The predicted octanol–water partition coefficient (Wildman–Crippen LogP) is 1.99. The van der Waals surface area contributed by atoms with Crippen molar-refractivity contribution in [3.63, 3.8) is 0 Å². The van der Waals surface area contributed by atoms with Crippen LogP contribution in [-0.2, 0) is 0 Å². The van der Waals surface area contributed by atoms with Gasteiger partial charge < -0.3 is 16.2 Å². The van der Waals surface area contributed by atoms with E-state index in [4.69, 9.17) is 5.73 Å². The zero-order valence-corrected chi connectivity index (χ0v) is 10.8. The Bertz CT molecular complexity index is 548. The minimum atomic E-state index is -0.139. The molecule has 0 radical (unpaired) electrons. The molecular formula is C12H16N4OS. The number of nitrogens with zero attached hydrogens (tertiary/aromatic N) is 2. The van der Waals surface area contributed by atoms with Crippen molar-refractivity contribution in [3.05, 3.63) is 11.4 Å². The topological polar surface area (TPSA) is 84.1 Å². The van der Waals surface area contributed by atoms with Crippen molar-refractivity contribution < 1.29 is 5.11 Å². The lowest BCUT2D eigenvalue weighted by Gasteiger charge is -2.26. The van der Waals surface area contributed by atoms with E-state index in [1.165, 1.54) is 0 Å². The molecule has 6 heteroatoms. The van der Waals surface area contributed by atoms with Crippen molar-refractivity contribution in [1.29, 1.82) is 0 Å². The average molecular weight is 264 g/mol. The Labute approximate surface area is 109 Å². The Morgan fingerprint density at radius 3 is 2.83 bits per heavy atom. The summed E-state index contributed by atoms with van der Waals surface area (Å²) in [5.41, 5.74) is 6.61. The molecule has 1 fully saturated rings. The van der Waals surface area contributed by atoms with Crippen LogP contribution < -0.4 is 11.1 Å². The summed E-state index contributed by atoms with van der Waals surface area (Å²) in [4.78, 5) is 8.49. The molecule has 0 saturated heterocycles. The van der Waals surface area contributed by atoms with E-state index >= 15 is 0 Å². The van der Waals surface area contributed by atoms with Gasteiger partial charge in [0.1, 0.15) is 5.82 Å². The van der Waals surface area contributed by atoms with Gasteiger partial charge in [-0.2, -0.15) is 4.98 Å². The highest BCUT2D eigenvalue weighted by Crippen LogP contribution is 2.29. The Morgan fingerprint density at radius 1 is 1.28 bits per heavy atom. The van der Waals surface area contributed by atoms with Gasteiger partial charge in [0.05, 0.1) is 16.3 Å². The number of hydrogen-bond acceptors (Lipinski definition) is 6. The van der Waals surface area contributed by atoms with Gasteiger partial charge in [0.15, 0.2) is 0 Å². The van der Waals surface area contributed by atoms with Crippen LogP contribution in [0.5, 0.6) is 0 Å². The molecule has 2 aromatic rings. The first-order chi connectivity index (χ1) is 8.72. The Kier molecular flexibility index (Phi) is 3.05. The summed E-state index contributed by atoms with van der Waals surface area (Å²) in [6.07, 6.45) is 3.51. The second kappa shape index (κ2) is 4.70. The smallest absolute Gasteiger partial charge is 0.222 e. The zero-order valence-electron chi connectivity index (χ0n) is 9.97. The molecule has 0 spiro atoms. The molecule has 2 heterocycles. The number of hydrogen-bond donors (Lipinski definition) is 3. The number of anilines is 2. The van der Waals surface area contributed by atoms with E-state index in [-0.39, 0.29) is 6.10 Å². The lowest BCUT2D eigenvalue weighted by molar-refractivity contribution is 0.126. The molecule has 0 bridgehead atoms. The van der Waals surface area contributed by atoms with Gasteiger partial charge in [0.2, 0.25) is 5.95 Å². The Hall–Kier alpha value is -1.40. The first-order valence-corrected chi connectivity index (χ1v) is 7.05. The van der Waals surface area contributed by atoms with E-state index in [9.17, 15) is 5.11 Å². The fraction of sp³-hybridized carbons (Fsp3) is 0.500. The molecule has 0 aromatic carbocycles. The molecule has 2 aromatic heterocycles. The van der Waals surface area contributed by atoms with E-state index in [1.807, 2.05) is 11.4 Å². The molecule has 5 nitrogen and oxygen atoms in total. The van der Waals surface area contributed by atoms with E-state index in [0.717, 1.165) is 41.7 Å². The van der Waals surface area contributed by atoms with Crippen LogP contribution in [0.1, 0.15) is 25.7 Å². The number of aliphatic hydroxyl groups is 1. The van der Waals surface area contributed by atoms with Crippen molar-refractivity contribution in [2.45, 2.75) is 37.8 Å². The van der Waals surface area contributed by atoms with Crippen LogP contribution in [0.3, 0.4) is 0 Å². The van der Waals surface area contributed by atoms with Gasteiger partial charge in [-0.1, -0.05) is 0 Å². The highest BCUT2D eigenvalue weighted by molar-refractivity contribution is 7.17. The number of fused-ring (bicyclic) bond motifs is 1. The highest BCUT2D eigenvalue weighted by Gasteiger charge is 2.20. The maximum Gasteiger partial charge on any atom is 0.222 e. The summed E-state index contributed by atoms with van der Waals surface area (Å²) in [5, 5.41) is 14.9. The molecule has 18 heavy (non-hydrogen) atoms. The largest absolute Gasteiger partial charge is 0.393 e. The van der Waals surface area contributed by atoms with Crippen molar-refractivity contribution in [2.24, 2.45) is 0 Å². The van der Waals surface area contributed by atoms with Gasteiger partial charge in [-0.05, 0) is 37.1 Å². The molecular weight excluding hydrogens is 248 g/mol. The van der Waals surface area contributed by atoms with Gasteiger partial charge in [-0.25, -0.2) is 4.98 Å². The average Bonchev–Trinajstić information content (AvgIpc) is 2.80. The van der Waals surface area contributed by atoms with Crippen LogP contribution in [-0.4, -0.2) is 27.2 Å². The fourth-order valence-corrected chi connectivity index (χ4v) is 3.18. The summed E-state index contributed by atoms with van der Waals surface area (Å²) >= 11 is 1.62. The molecule has 0 atom stereocenters. The maximum atomic E-state index is 9.50. The van der Waals surface area contributed by atoms with Crippen molar-refractivity contribution in [1.82, 2.24) is 9.97 Å². The van der Waals surface area contributed by atoms with Gasteiger partial charge in [0.25, 0.3) is 0 Å². The molecule has 0 unspecified atom stereocenters. The number of thiophene rings is 1. The van der Waals surface area contributed by atoms with Crippen molar-refractivity contribution in [2.75, 3.05) is 11.1 Å². The van der Waals surface area contributed by atoms with Crippen molar-refractivity contribution in [3.8, 4) is 0 Å². The van der Waals surface area contributed by atoms with Crippen LogP contribution in [0.25, 0.3) is 10.2 Å². The molecule has 1 aliphatic rings. The third-order valence-corrected chi connectivity index (χ3v) is 4.27. The molecule has 1 saturated carbocycles. The number of nitrogens with two attached hydrogens (primary N) is 1. The standard InChI is InChI=1S/C12H16N4OS/c13-12-15-9-5-6-18-10(9)11(16-12)14-7-1-3-8(17)4-2-7/h5-8,17H,1-4H2,(H3,13,14,15,16). The number of rotatable bonds is 2. The Morgan fingerprint density at radius 2 is 2.06 bits per heavy atom. The second-order valence-electron chi connectivity index (χ2n) is 4.72. The fourth-order valence-electron chi connectivity index (χ4n) is 2.39. The third-order valence-electron chi connectivity index (χ3n) is 3.36. The molecule has 0 aliphatic heterocycles. The number of aromatic nitrogens is 2. The summed E-state index contributed by atoms with van der Waals surface area (Å²) in [5.74, 6) is 1.13. The maximum absolute atomic E-state index is 9.50. The quantitative estimate of drug-likeness (QED) is 0.772. The van der Waals surface area contributed by atoms with Crippen molar-refractivity contribution >= 4 is 33.3 Å². The predicted molar refractivity (Wildman–Crippen MR) is 73.7 cm³/mol. The van der Waals surface area contributed by atoms with Gasteiger partial charge in [-0.15, -0.1) is 11.3 Å². The molecule has 1 aliphatic carbocycles. The molecule has 0 amide bonds. The van der Waals surface area contributed by atoms with Crippen LogP contribution >= 0.6 is 11.3 Å². The lowest BCUT2D eigenvalue weighted by Crippen LogP contribution is -2.28. The normalized spacial score (nSPS) is 24.3. The van der Waals surface area contributed by atoms with Crippen LogP contribution in [0.15, 0.2) is 11.4 Å². The lowest BCUT2D eigenvalue weighted by atomic mass is 9.93. The first kappa shape index (κ1) is 11.7. The number of nitrogens with one attached hydrogen (secondary N) is 1. The van der Waals surface area contributed by atoms with E-state index in [0.29, 0.717) is 12.0 Å². The van der Waals surface area contributed by atoms with E-state index in [2.05, 4.69) is 15.3 Å². The van der Waals surface area contributed by atoms with Gasteiger partial charge in [-0.3, -0.25) is 0 Å². The molecule has 3 rings (SSSR count). The van der Waals surface area contributed by atoms with Gasteiger partial charge >= 0.3 is 0 Å². The summed E-state index contributed by atoms with van der Waals surface area (Å²) in [7, 11) is 0. The first-order valence-electron chi connectivity index (χ1n) is 6.17.